The van der Waals surface area contributed by atoms with Gasteiger partial charge in [-0.05, 0) is 18.1 Å². The predicted octanol–water partition coefficient (Wildman–Crippen LogP) is 1.45. The Morgan fingerprint density at radius 1 is 1.62 bits per heavy atom. The molecule has 1 heterocycles. The maximum Gasteiger partial charge on any atom is 0.331 e. The number of rotatable bonds is 4. The average Bonchev–Trinajstić information content (AvgIpc) is 2.15. The Labute approximate surface area is 78.0 Å². The summed E-state index contributed by atoms with van der Waals surface area (Å²) in [5, 5.41) is 0. The molecule has 72 valence electrons. The van der Waals surface area contributed by atoms with E-state index in [9.17, 15) is 4.79 Å². The summed E-state index contributed by atoms with van der Waals surface area (Å²) in [6.07, 6.45) is 6.14. The highest BCUT2D eigenvalue weighted by atomic mass is 16.5. The monoisotopic (exact) mass is 182 g/mol. The van der Waals surface area contributed by atoms with E-state index in [-0.39, 0.29) is 5.97 Å². The molecule has 3 nitrogen and oxygen atoms in total. The molecule has 0 aromatic heterocycles. The Morgan fingerprint density at radius 2 is 2.46 bits per heavy atom. The highest BCUT2D eigenvalue weighted by molar-refractivity contribution is 5.83. The van der Waals surface area contributed by atoms with Gasteiger partial charge in [0.25, 0.3) is 0 Å². The quantitative estimate of drug-likeness (QED) is 0.487. The lowest BCUT2D eigenvalue weighted by atomic mass is 10.2. The second-order valence-corrected chi connectivity index (χ2v) is 2.79. The van der Waals surface area contributed by atoms with Crippen LogP contribution in [0, 0.1) is 0 Å². The lowest BCUT2D eigenvalue weighted by Gasteiger charge is -2.08. The second-order valence-electron chi connectivity index (χ2n) is 2.79. The van der Waals surface area contributed by atoms with E-state index in [0.717, 1.165) is 18.6 Å². The molecule has 0 N–H and O–H groups in total. The van der Waals surface area contributed by atoms with Crippen LogP contribution in [-0.4, -0.2) is 25.8 Å². The van der Waals surface area contributed by atoms with Gasteiger partial charge in [-0.25, -0.2) is 4.79 Å². The van der Waals surface area contributed by atoms with Gasteiger partial charge in [0.2, 0.25) is 0 Å². The van der Waals surface area contributed by atoms with Gasteiger partial charge in [0, 0.05) is 12.7 Å². The van der Waals surface area contributed by atoms with Crippen LogP contribution in [0.25, 0.3) is 0 Å². The smallest absolute Gasteiger partial charge is 0.331 e. The van der Waals surface area contributed by atoms with Crippen LogP contribution in [0.4, 0.5) is 0 Å². The second kappa shape index (κ2) is 5.54. The lowest BCUT2D eigenvalue weighted by Crippen LogP contribution is -2.09. The lowest BCUT2D eigenvalue weighted by molar-refractivity contribution is -0.137. The first-order valence-corrected chi connectivity index (χ1v) is 4.44. The van der Waals surface area contributed by atoms with E-state index in [4.69, 9.17) is 9.47 Å². The molecule has 0 unspecified atom stereocenters. The predicted molar refractivity (Wildman–Crippen MR) is 49.3 cm³/mol. The van der Waals surface area contributed by atoms with Crippen LogP contribution in [0.1, 0.15) is 13.3 Å². The number of hydrogen-bond donors (Lipinski definition) is 0. The first-order chi connectivity index (χ1) is 6.33. The summed E-state index contributed by atoms with van der Waals surface area (Å²) in [4.78, 5) is 10.6. The van der Waals surface area contributed by atoms with Gasteiger partial charge < -0.3 is 9.47 Å². The first-order valence-electron chi connectivity index (χ1n) is 4.44. The molecule has 3 heteroatoms. The standard InChI is InChI=1S/C10H14O3/c1-2-6-12-7-5-9-3-4-10(11)13-8-9/h3-5H,2,6-8H2,1H3/b9-5-. The molecule has 1 aliphatic rings. The molecule has 0 spiro atoms. The molecule has 0 saturated carbocycles. The Bertz CT molecular complexity index is 228. The van der Waals surface area contributed by atoms with Crippen LogP contribution < -0.4 is 0 Å². The Kier molecular flexibility index (Phi) is 4.26. The number of carbonyl (C=O) groups excluding carboxylic acids is 1. The van der Waals surface area contributed by atoms with Crippen LogP contribution in [-0.2, 0) is 14.3 Å². The summed E-state index contributed by atoms with van der Waals surface area (Å²) in [5.41, 5.74) is 0.996. The SMILES string of the molecule is CCCOC/C=C1/C=CC(=O)OC1. The zero-order valence-electron chi connectivity index (χ0n) is 7.79. The van der Waals surface area contributed by atoms with E-state index in [0.29, 0.717) is 13.2 Å². The van der Waals surface area contributed by atoms with E-state index >= 15 is 0 Å². The number of cyclic esters (lactones) is 1. The third kappa shape index (κ3) is 3.90. The van der Waals surface area contributed by atoms with Crippen molar-refractivity contribution < 1.29 is 14.3 Å². The highest BCUT2D eigenvalue weighted by Gasteiger charge is 2.05. The van der Waals surface area contributed by atoms with Crippen molar-refractivity contribution in [3.05, 3.63) is 23.8 Å². The van der Waals surface area contributed by atoms with E-state index in [1.54, 1.807) is 6.08 Å². The van der Waals surface area contributed by atoms with Crippen molar-refractivity contribution in [3.63, 3.8) is 0 Å². The zero-order chi connectivity index (χ0) is 9.52. The zero-order valence-corrected chi connectivity index (χ0v) is 7.79. The van der Waals surface area contributed by atoms with E-state index in [2.05, 4.69) is 6.92 Å². The van der Waals surface area contributed by atoms with Crippen molar-refractivity contribution in [1.82, 2.24) is 0 Å². The van der Waals surface area contributed by atoms with E-state index in [1.807, 2.05) is 6.08 Å². The van der Waals surface area contributed by atoms with Gasteiger partial charge in [0.05, 0.1) is 6.61 Å². The van der Waals surface area contributed by atoms with Gasteiger partial charge in [-0.2, -0.15) is 0 Å². The molecule has 0 radical (unpaired) electrons. The summed E-state index contributed by atoms with van der Waals surface area (Å²) in [7, 11) is 0. The fourth-order valence-corrected chi connectivity index (χ4v) is 0.946. The van der Waals surface area contributed by atoms with Crippen molar-refractivity contribution in [1.29, 1.82) is 0 Å². The molecular formula is C10H14O3. The number of carbonyl (C=O) groups is 1. The first kappa shape index (κ1) is 9.99. The summed E-state index contributed by atoms with van der Waals surface area (Å²) < 4.78 is 10.1. The van der Waals surface area contributed by atoms with E-state index < -0.39 is 0 Å². The maximum absolute atomic E-state index is 10.6. The van der Waals surface area contributed by atoms with Crippen molar-refractivity contribution in [2.75, 3.05) is 19.8 Å². The molecule has 0 aromatic rings. The fraction of sp³-hybridized carbons (Fsp3) is 0.500. The molecule has 0 saturated heterocycles. The summed E-state index contributed by atoms with van der Waals surface area (Å²) in [5.74, 6) is -0.272. The number of ether oxygens (including phenoxy) is 2. The molecule has 0 aliphatic carbocycles. The highest BCUT2D eigenvalue weighted by Crippen LogP contribution is 2.04. The minimum Gasteiger partial charge on any atom is -0.458 e. The normalized spacial score (nSPS) is 19.2. The van der Waals surface area contributed by atoms with Crippen molar-refractivity contribution in [2.24, 2.45) is 0 Å². The summed E-state index contributed by atoms with van der Waals surface area (Å²) >= 11 is 0. The minimum atomic E-state index is -0.272. The number of esters is 1. The topological polar surface area (TPSA) is 35.5 Å². The molecule has 1 rings (SSSR count). The molecule has 0 fully saturated rings. The van der Waals surface area contributed by atoms with Crippen molar-refractivity contribution in [2.45, 2.75) is 13.3 Å². The average molecular weight is 182 g/mol. The van der Waals surface area contributed by atoms with Crippen molar-refractivity contribution in [3.8, 4) is 0 Å². The molecule has 0 amide bonds. The largest absolute Gasteiger partial charge is 0.458 e. The van der Waals surface area contributed by atoms with Crippen LogP contribution >= 0.6 is 0 Å². The Morgan fingerprint density at radius 3 is 3.08 bits per heavy atom. The van der Waals surface area contributed by atoms with Crippen LogP contribution in [0.15, 0.2) is 23.8 Å². The van der Waals surface area contributed by atoms with Gasteiger partial charge >= 0.3 is 5.97 Å². The van der Waals surface area contributed by atoms with Crippen LogP contribution in [0.2, 0.25) is 0 Å². The molecule has 0 bridgehead atoms. The summed E-state index contributed by atoms with van der Waals surface area (Å²) in [6.45, 7) is 3.79. The van der Waals surface area contributed by atoms with Crippen molar-refractivity contribution >= 4 is 5.97 Å². The third-order valence-corrected chi connectivity index (χ3v) is 1.63. The maximum atomic E-state index is 10.6. The molecule has 0 atom stereocenters. The Balaban J connectivity index is 2.27. The molecular weight excluding hydrogens is 168 g/mol. The number of hydrogen-bond acceptors (Lipinski definition) is 3. The van der Waals surface area contributed by atoms with Gasteiger partial charge in [-0.15, -0.1) is 0 Å². The van der Waals surface area contributed by atoms with Gasteiger partial charge in [-0.1, -0.05) is 13.0 Å². The van der Waals surface area contributed by atoms with Crippen LogP contribution in [0.5, 0.6) is 0 Å². The summed E-state index contributed by atoms with van der Waals surface area (Å²) in [6, 6.07) is 0. The molecule has 13 heavy (non-hydrogen) atoms. The van der Waals surface area contributed by atoms with Gasteiger partial charge in [0.15, 0.2) is 0 Å². The minimum absolute atomic E-state index is 0.272. The van der Waals surface area contributed by atoms with Gasteiger partial charge in [0.1, 0.15) is 6.61 Å². The molecule has 1 aliphatic heterocycles. The Hall–Kier alpha value is -1.09. The van der Waals surface area contributed by atoms with Gasteiger partial charge in [-0.3, -0.25) is 0 Å². The van der Waals surface area contributed by atoms with E-state index in [1.165, 1.54) is 6.08 Å². The third-order valence-electron chi connectivity index (χ3n) is 1.63. The van der Waals surface area contributed by atoms with Crippen LogP contribution in [0.3, 0.4) is 0 Å². The molecule has 0 aromatic carbocycles. The fourth-order valence-electron chi connectivity index (χ4n) is 0.946.